The van der Waals surface area contributed by atoms with Gasteiger partial charge in [0.1, 0.15) is 0 Å². The first kappa shape index (κ1) is 11.9. The zero-order valence-electron chi connectivity index (χ0n) is 6.34. The average Bonchev–Trinajstić information content (AvgIpc) is 2.66. The zero-order chi connectivity index (χ0) is 9.68. The highest BCUT2D eigenvalue weighted by molar-refractivity contribution is 9.14. The zero-order valence-corrected chi connectivity index (χ0v) is 12.7. The Balaban J connectivity index is 0.000000145. The average molecular weight is 405 g/mol. The first-order chi connectivity index (χ1) is 6.20. The third-order valence-electron chi connectivity index (χ3n) is 1.04. The first-order valence-electron chi connectivity index (χ1n) is 3.27. The Hall–Kier alpha value is 0.840. The molecular formula is C8H5Br3S2. The van der Waals surface area contributed by atoms with Crippen LogP contribution in [-0.4, -0.2) is 0 Å². The third kappa shape index (κ3) is 4.74. The van der Waals surface area contributed by atoms with Gasteiger partial charge >= 0.3 is 0 Å². The van der Waals surface area contributed by atoms with Crippen molar-refractivity contribution < 1.29 is 0 Å². The molecule has 0 nitrogen and oxygen atoms in total. The van der Waals surface area contributed by atoms with Crippen LogP contribution < -0.4 is 0 Å². The van der Waals surface area contributed by atoms with E-state index in [4.69, 9.17) is 0 Å². The molecule has 0 spiro atoms. The largest absolute Gasteiger partial charge is 0.152 e. The summed E-state index contributed by atoms with van der Waals surface area (Å²) in [5, 5.41) is 4.08. The van der Waals surface area contributed by atoms with Crippen LogP contribution in [0.5, 0.6) is 0 Å². The summed E-state index contributed by atoms with van der Waals surface area (Å²) in [7, 11) is 0. The minimum Gasteiger partial charge on any atom is -0.152 e. The lowest BCUT2D eigenvalue weighted by Gasteiger charge is -1.74. The van der Waals surface area contributed by atoms with E-state index in [9.17, 15) is 0 Å². The van der Waals surface area contributed by atoms with Crippen LogP contribution in [-0.2, 0) is 0 Å². The van der Waals surface area contributed by atoms with E-state index in [1.165, 1.54) is 0 Å². The van der Waals surface area contributed by atoms with Crippen molar-refractivity contribution in [3.63, 3.8) is 0 Å². The highest BCUT2D eigenvalue weighted by Crippen LogP contribution is 2.35. The molecule has 0 aliphatic carbocycles. The lowest BCUT2D eigenvalue weighted by atomic mass is 10.7. The van der Waals surface area contributed by atoms with Gasteiger partial charge in [-0.1, -0.05) is 12.1 Å². The summed E-state index contributed by atoms with van der Waals surface area (Å²) < 4.78 is 3.37. The number of thiophene rings is 2. The molecule has 0 atom stereocenters. The van der Waals surface area contributed by atoms with Crippen molar-refractivity contribution in [3.05, 3.63) is 41.0 Å². The molecule has 0 aliphatic rings. The predicted octanol–water partition coefficient (Wildman–Crippen LogP) is 5.78. The normalized spacial score (nSPS) is 9.15. The molecule has 2 heterocycles. The molecule has 0 amide bonds. The third-order valence-corrected chi connectivity index (χ3v) is 5.43. The molecule has 0 bridgehead atoms. The van der Waals surface area contributed by atoms with Crippen LogP contribution >= 0.6 is 70.5 Å². The molecule has 70 valence electrons. The molecule has 0 saturated carbocycles. The Labute approximate surface area is 110 Å². The second kappa shape index (κ2) is 6.35. The van der Waals surface area contributed by atoms with Crippen LogP contribution in [0.2, 0.25) is 0 Å². The molecular weight excluding hydrogens is 400 g/mol. The maximum Gasteiger partial charge on any atom is 0.0852 e. The molecule has 0 unspecified atom stereocenters. The van der Waals surface area contributed by atoms with E-state index in [1.807, 2.05) is 29.0 Å². The van der Waals surface area contributed by atoms with Gasteiger partial charge in [-0.3, -0.25) is 0 Å². The van der Waals surface area contributed by atoms with Crippen LogP contribution in [0.15, 0.2) is 41.0 Å². The topological polar surface area (TPSA) is 0 Å². The van der Waals surface area contributed by atoms with E-state index in [-0.39, 0.29) is 0 Å². The van der Waals surface area contributed by atoms with Gasteiger partial charge in [0.05, 0.1) is 7.57 Å². The van der Waals surface area contributed by atoms with Gasteiger partial charge < -0.3 is 0 Å². The molecule has 0 N–H and O–H groups in total. The molecule has 2 rings (SSSR count). The van der Waals surface area contributed by atoms with Gasteiger partial charge in [0.25, 0.3) is 0 Å². The highest BCUT2D eigenvalue weighted by Gasteiger charge is 1.98. The minimum absolute atomic E-state index is 1.11. The number of hydrogen-bond acceptors (Lipinski definition) is 2. The van der Waals surface area contributed by atoms with Crippen molar-refractivity contribution in [3.8, 4) is 0 Å². The van der Waals surface area contributed by atoms with Crippen LogP contribution in [0.3, 0.4) is 0 Å². The second-order valence-electron chi connectivity index (χ2n) is 1.97. The van der Waals surface area contributed by atoms with Crippen molar-refractivity contribution in [2.75, 3.05) is 0 Å². The summed E-state index contributed by atoms with van der Waals surface area (Å²) in [6, 6.07) is 6.05. The van der Waals surface area contributed by atoms with Crippen molar-refractivity contribution in [2.45, 2.75) is 0 Å². The van der Waals surface area contributed by atoms with Gasteiger partial charge in [-0.25, -0.2) is 0 Å². The summed E-state index contributed by atoms with van der Waals surface area (Å²) in [4.78, 5) is 0. The summed E-state index contributed by atoms with van der Waals surface area (Å²) in [5.74, 6) is 0. The maximum absolute atomic E-state index is 3.36. The second-order valence-corrected chi connectivity index (χ2v) is 7.39. The standard InChI is InChI=1S/C4HBr3S.C4H4S/c5-2-1-3(6)8-4(2)7;1-2-4-5-3-1/h1H;1-4H. The van der Waals surface area contributed by atoms with Crippen LogP contribution in [0.25, 0.3) is 0 Å². The quantitative estimate of drug-likeness (QED) is 0.521. The molecule has 0 aliphatic heterocycles. The molecule has 2 aromatic rings. The molecule has 0 saturated heterocycles. The molecule has 0 aromatic carbocycles. The fraction of sp³-hybridized carbons (Fsp3) is 0. The summed E-state index contributed by atoms with van der Waals surface area (Å²) in [5.41, 5.74) is 0. The maximum atomic E-state index is 3.36. The van der Waals surface area contributed by atoms with Crippen LogP contribution in [0.1, 0.15) is 0 Å². The van der Waals surface area contributed by atoms with E-state index in [0.29, 0.717) is 0 Å². The summed E-state index contributed by atoms with van der Waals surface area (Å²) >= 11 is 13.4. The number of hydrogen-bond donors (Lipinski definition) is 0. The van der Waals surface area contributed by atoms with Crippen molar-refractivity contribution in [1.29, 1.82) is 0 Å². The molecule has 2 aromatic heterocycles. The van der Waals surface area contributed by atoms with Crippen molar-refractivity contribution in [2.24, 2.45) is 0 Å². The molecule has 0 fully saturated rings. The summed E-state index contributed by atoms with van der Waals surface area (Å²) in [6.45, 7) is 0. The Kier molecular flexibility index (Phi) is 5.82. The number of halogens is 3. The Morgan fingerprint density at radius 2 is 1.62 bits per heavy atom. The van der Waals surface area contributed by atoms with Gasteiger partial charge in [0, 0.05) is 4.47 Å². The molecule has 5 heteroatoms. The smallest absolute Gasteiger partial charge is 0.0852 e. The van der Waals surface area contributed by atoms with Gasteiger partial charge in [-0.2, -0.15) is 11.3 Å². The number of rotatable bonds is 0. The fourth-order valence-corrected chi connectivity index (χ4v) is 4.44. The molecule has 0 radical (unpaired) electrons. The minimum atomic E-state index is 1.11. The fourth-order valence-electron chi connectivity index (χ4n) is 0.547. The Bertz CT molecular complexity index is 303. The summed E-state index contributed by atoms with van der Waals surface area (Å²) in [6.07, 6.45) is 0. The van der Waals surface area contributed by atoms with E-state index < -0.39 is 0 Å². The van der Waals surface area contributed by atoms with E-state index in [2.05, 4.69) is 47.8 Å². The van der Waals surface area contributed by atoms with Crippen molar-refractivity contribution in [1.82, 2.24) is 0 Å². The van der Waals surface area contributed by atoms with Gasteiger partial charge in [0.2, 0.25) is 0 Å². The first-order valence-corrected chi connectivity index (χ1v) is 7.41. The van der Waals surface area contributed by atoms with E-state index in [1.54, 1.807) is 22.7 Å². The highest BCUT2D eigenvalue weighted by atomic mass is 79.9. The Morgan fingerprint density at radius 3 is 1.77 bits per heavy atom. The lowest BCUT2D eigenvalue weighted by molar-refractivity contribution is 1.82. The van der Waals surface area contributed by atoms with Gasteiger partial charge in [0.15, 0.2) is 0 Å². The van der Waals surface area contributed by atoms with Crippen molar-refractivity contribution >= 4 is 70.5 Å². The van der Waals surface area contributed by atoms with Crippen LogP contribution in [0, 0.1) is 0 Å². The van der Waals surface area contributed by atoms with Gasteiger partial charge in [-0.05, 0) is 64.6 Å². The van der Waals surface area contributed by atoms with Crippen LogP contribution in [0.4, 0.5) is 0 Å². The SMILES string of the molecule is Brc1cc(Br)c(Br)s1.c1ccsc1. The molecule has 13 heavy (non-hydrogen) atoms. The van der Waals surface area contributed by atoms with E-state index in [0.717, 1.165) is 12.0 Å². The van der Waals surface area contributed by atoms with E-state index >= 15 is 0 Å². The van der Waals surface area contributed by atoms with Gasteiger partial charge in [-0.15, -0.1) is 11.3 Å². The monoisotopic (exact) mass is 402 g/mol. The Morgan fingerprint density at radius 1 is 1.00 bits per heavy atom. The lowest BCUT2D eigenvalue weighted by Crippen LogP contribution is -1.45. The predicted molar refractivity (Wildman–Crippen MR) is 71.7 cm³/mol.